The number of carbonyl (C=O) groups is 1. The molecule has 0 bridgehead atoms. The predicted octanol–water partition coefficient (Wildman–Crippen LogP) is 3.83. The Morgan fingerprint density at radius 2 is 1.86 bits per heavy atom. The van der Waals surface area contributed by atoms with Crippen LogP contribution in [-0.4, -0.2) is 15.9 Å². The van der Waals surface area contributed by atoms with Crippen molar-refractivity contribution in [3.05, 3.63) is 66.0 Å². The Hall–Kier alpha value is -2.62. The monoisotopic (exact) mass is 293 g/mol. The number of imidazole rings is 1. The Balaban J connectivity index is 1.84. The average molecular weight is 293 g/mol. The van der Waals surface area contributed by atoms with Gasteiger partial charge in [0.1, 0.15) is 5.82 Å². The Bertz CT molecular complexity index is 731. The molecular formula is C18H19N3O. The second kappa shape index (κ2) is 6.43. The van der Waals surface area contributed by atoms with Crippen molar-refractivity contribution >= 4 is 16.9 Å². The zero-order valence-corrected chi connectivity index (χ0v) is 12.5. The first-order valence-corrected chi connectivity index (χ1v) is 7.58. The summed E-state index contributed by atoms with van der Waals surface area (Å²) in [5, 5.41) is 3.08. The first-order valence-electron chi connectivity index (χ1n) is 7.58. The third-order valence-corrected chi connectivity index (χ3v) is 3.66. The van der Waals surface area contributed by atoms with Gasteiger partial charge in [-0.25, -0.2) is 4.98 Å². The van der Waals surface area contributed by atoms with Crippen LogP contribution in [0, 0.1) is 0 Å². The molecule has 0 aliphatic rings. The molecule has 1 amide bonds. The molecule has 3 aromatic rings. The van der Waals surface area contributed by atoms with E-state index in [1.165, 1.54) is 0 Å². The number of fused-ring (bicyclic) bond motifs is 1. The third-order valence-electron chi connectivity index (χ3n) is 3.66. The van der Waals surface area contributed by atoms with Crippen LogP contribution in [0.5, 0.6) is 0 Å². The molecule has 1 aromatic heterocycles. The lowest BCUT2D eigenvalue weighted by Gasteiger charge is -2.16. The van der Waals surface area contributed by atoms with E-state index in [0.717, 1.165) is 29.7 Å². The lowest BCUT2D eigenvalue weighted by molar-refractivity contribution is 0.0933. The van der Waals surface area contributed by atoms with E-state index >= 15 is 0 Å². The topological polar surface area (TPSA) is 57.8 Å². The highest BCUT2D eigenvalue weighted by Crippen LogP contribution is 2.20. The van der Waals surface area contributed by atoms with Gasteiger partial charge in [0.15, 0.2) is 0 Å². The number of aromatic nitrogens is 2. The molecule has 0 spiro atoms. The van der Waals surface area contributed by atoms with Gasteiger partial charge in [-0.1, -0.05) is 43.7 Å². The van der Waals surface area contributed by atoms with Crippen LogP contribution in [0.15, 0.2) is 54.6 Å². The largest absolute Gasteiger partial charge is 0.342 e. The zero-order valence-electron chi connectivity index (χ0n) is 12.5. The summed E-state index contributed by atoms with van der Waals surface area (Å²) in [6.45, 7) is 2.10. The standard InChI is InChI=1S/C18H19N3O/c1-2-8-16(21-18(22)13-9-4-3-5-10-13)17-19-14-11-6-7-12-15(14)20-17/h3-7,9-12,16H,2,8H2,1H3,(H,19,20)(H,21,22). The second-order valence-corrected chi connectivity index (χ2v) is 5.32. The maximum Gasteiger partial charge on any atom is 0.251 e. The SMILES string of the molecule is CCCC(NC(=O)c1ccccc1)c1nc2ccccc2[nH]1. The van der Waals surface area contributed by atoms with Gasteiger partial charge in [-0.05, 0) is 30.7 Å². The van der Waals surface area contributed by atoms with E-state index in [1.54, 1.807) is 0 Å². The van der Waals surface area contributed by atoms with Crippen LogP contribution in [0.25, 0.3) is 11.0 Å². The molecule has 22 heavy (non-hydrogen) atoms. The van der Waals surface area contributed by atoms with Crippen molar-refractivity contribution in [1.82, 2.24) is 15.3 Å². The van der Waals surface area contributed by atoms with Crippen molar-refractivity contribution in [3.63, 3.8) is 0 Å². The average Bonchev–Trinajstić information content (AvgIpc) is 2.99. The summed E-state index contributed by atoms with van der Waals surface area (Å²) in [6.07, 6.45) is 1.81. The molecule has 0 aliphatic heterocycles. The summed E-state index contributed by atoms with van der Waals surface area (Å²) in [5.41, 5.74) is 2.58. The van der Waals surface area contributed by atoms with Crippen molar-refractivity contribution < 1.29 is 4.79 Å². The smallest absolute Gasteiger partial charge is 0.251 e. The van der Waals surface area contributed by atoms with Crippen LogP contribution in [0.3, 0.4) is 0 Å². The number of amides is 1. The second-order valence-electron chi connectivity index (χ2n) is 5.32. The molecule has 4 heteroatoms. The Morgan fingerprint density at radius 3 is 2.59 bits per heavy atom. The molecule has 1 unspecified atom stereocenters. The lowest BCUT2D eigenvalue weighted by Crippen LogP contribution is -2.29. The van der Waals surface area contributed by atoms with E-state index in [0.29, 0.717) is 5.56 Å². The van der Waals surface area contributed by atoms with Gasteiger partial charge in [-0.2, -0.15) is 0 Å². The van der Waals surface area contributed by atoms with E-state index in [2.05, 4.69) is 22.2 Å². The van der Waals surface area contributed by atoms with Crippen LogP contribution in [0.2, 0.25) is 0 Å². The van der Waals surface area contributed by atoms with Crippen LogP contribution in [0.4, 0.5) is 0 Å². The van der Waals surface area contributed by atoms with Gasteiger partial charge in [0.25, 0.3) is 5.91 Å². The van der Waals surface area contributed by atoms with Crippen LogP contribution >= 0.6 is 0 Å². The fourth-order valence-corrected chi connectivity index (χ4v) is 2.53. The summed E-state index contributed by atoms with van der Waals surface area (Å²) in [6, 6.07) is 17.1. The van der Waals surface area contributed by atoms with Gasteiger partial charge in [0.2, 0.25) is 0 Å². The van der Waals surface area contributed by atoms with E-state index in [4.69, 9.17) is 0 Å². The van der Waals surface area contributed by atoms with Gasteiger partial charge >= 0.3 is 0 Å². The minimum atomic E-state index is -0.106. The Morgan fingerprint density at radius 1 is 1.14 bits per heavy atom. The highest BCUT2D eigenvalue weighted by molar-refractivity contribution is 5.94. The number of nitrogens with one attached hydrogen (secondary N) is 2. The van der Waals surface area contributed by atoms with Gasteiger partial charge in [0, 0.05) is 5.56 Å². The van der Waals surface area contributed by atoms with Gasteiger partial charge in [0.05, 0.1) is 17.1 Å². The molecule has 0 saturated heterocycles. The van der Waals surface area contributed by atoms with Crippen molar-refractivity contribution in [3.8, 4) is 0 Å². The van der Waals surface area contributed by atoms with Gasteiger partial charge in [-0.3, -0.25) is 4.79 Å². The number of H-pyrrole nitrogens is 1. The number of para-hydroxylation sites is 2. The van der Waals surface area contributed by atoms with E-state index in [1.807, 2.05) is 54.6 Å². The van der Waals surface area contributed by atoms with Crippen molar-refractivity contribution in [2.75, 3.05) is 0 Å². The maximum absolute atomic E-state index is 12.4. The molecule has 2 N–H and O–H groups in total. The maximum atomic E-state index is 12.4. The molecule has 0 radical (unpaired) electrons. The molecular weight excluding hydrogens is 274 g/mol. The molecule has 0 fully saturated rings. The quantitative estimate of drug-likeness (QED) is 0.751. The third kappa shape index (κ3) is 3.01. The fraction of sp³-hybridized carbons (Fsp3) is 0.222. The molecule has 2 aromatic carbocycles. The summed E-state index contributed by atoms with van der Waals surface area (Å²) in [7, 11) is 0. The predicted molar refractivity (Wildman–Crippen MR) is 87.7 cm³/mol. The van der Waals surface area contributed by atoms with Gasteiger partial charge in [-0.15, -0.1) is 0 Å². The minimum Gasteiger partial charge on any atom is -0.342 e. The van der Waals surface area contributed by atoms with E-state index in [-0.39, 0.29) is 11.9 Å². The lowest BCUT2D eigenvalue weighted by atomic mass is 10.1. The molecule has 1 heterocycles. The zero-order chi connectivity index (χ0) is 15.4. The highest BCUT2D eigenvalue weighted by Gasteiger charge is 2.18. The molecule has 112 valence electrons. The number of hydrogen-bond acceptors (Lipinski definition) is 2. The number of carbonyl (C=O) groups excluding carboxylic acids is 1. The van der Waals surface area contributed by atoms with E-state index < -0.39 is 0 Å². The molecule has 1 atom stereocenters. The Labute approximate surface area is 129 Å². The molecule has 3 rings (SSSR count). The van der Waals surface area contributed by atoms with Crippen molar-refractivity contribution in [2.45, 2.75) is 25.8 Å². The number of aromatic amines is 1. The van der Waals surface area contributed by atoms with Crippen LogP contribution in [0.1, 0.15) is 42.0 Å². The van der Waals surface area contributed by atoms with Gasteiger partial charge < -0.3 is 10.3 Å². The number of rotatable bonds is 5. The first-order chi connectivity index (χ1) is 10.8. The van der Waals surface area contributed by atoms with Crippen LogP contribution in [-0.2, 0) is 0 Å². The molecule has 0 saturated carbocycles. The number of benzene rings is 2. The van der Waals surface area contributed by atoms with Crippen LogP contribution < -0.4 is 5.32 Å². The number of hydrogen-bond donors (Lipinski definition) is 2. The fourth-order valence-electron chi connectivity index (χ4n) is 2.53. The first kappa shape index (κ1) is 14.3. The summed E-state index contributed by atoms with van der Waals surface area (Å²) < 4.78 is 0. The summed E-state index contributed by atoms with van der Waals surface area (Å²) in [4.78, 5) is 20.3. The minimum absolute atomic E-state index is 0.0699. The van der Waals surface area contributed by atoms with E-state index in [9.17, 15) is 4.79 Å². The Kier molecular flexibility index (Phi) is 4.19. The summed E-state index contributed by atoms with van der Waals surface area (Å²) in [5.74, 6) is 0.742. The molecule has 0 aliphatic carbocycles. The highest BCUT2D eigenvalue weighted by atomic mass is 16.1. The number of nitrogens with zero attached hydrogens (tertiary/aromatic N) is 1. The summed E-state index contributed by atoms with van der Waals surface area (Å²) >= 11 is 0. The normalized spacial score (nSPS) is 12.2. The van der Waals surface area contributed by atoms with Crippen molar-refractivity contribution in [2.24, 2.45) is 0 Å². The molecule has 4 nitrogen and oxygen atoms in total. The van der Waals surface area contributed by atoms with Crippen molar-refractivity contribution in [1.29, 1.82) is 0 Å².